The van der Waals surface area contributed by atoms with Crippen molar-refractivity contribution in [2.24, 2.45) is 0 Å². The molecule has 0 spiro atoms. The number of ether oxygens (including phenoxy) is 1. The molecule has 16 heavy (non-hydrogen) atoms. The molecule has 0 unspecified atom stereocenters. The summed E-state index contributed by atoms with van der Waals surface area (Å²) in [5.74, 6) is 0.659. The van der Waals surface area contributed by atoms with Crippen LogP contribution in [0.5, 0.6) is 0 Å². The number of aromatic nitrogens is 2. The lowest BCUT2D eigenvalue weighted by Gasteiger charge is -2.36. The van der Waals surface area contributed by atoms with Crippen molar-refractivity contribution in [3.05, 3.63) is 18.1 Å². The highest BCUT2D eigenvalue weighted by molar-refractivity contribution is 5.49. The van der Waals surface area contributed by atoms with Crippen LogP contribution in [0.15, 0.2) is 12.4 Å². The monoisotopic (exact) mass is 218 g/mol. The Morgan fingerprint density at radius 1 is 1.31 bits per heavy atom. The number of anilines is 1. The number of nitrogens with zero attached hydrogens (tertiary/aromatic N) is 4. The number of nitriles is 1. The summed E-state index contributed by atoms with van der Waals surface area (Å²) < 4.78 is 5.64. The predicted octanol–water partition coefficient (Wildman–Crippen LogP) is 0.962. The molecule has 84 valence electrons. The molecule has 2 heterocycles. The molecule has 5 heteroatoms. The van der Waals surface area contributed by atoms with Gasteiger partial charge in [0.05, 0.1) is 12.2 Å². The highest BCUT2D eigenvalue weighted by Crippen LogP contribution is 2.19. The summed E-state index contributed by atoms with van der Waals surface area (Å²) in [7, 11) is 0. The van der Waals surface area contributed by atoms with E-state index in [-0.39, 0.29) is 12.2 Å². The van der Waals surface area contributed by atoms with Gasteiger partial charge in [0.25, 0.3) is 0 Å². The Kier molecular flexibility index (Phi) is 3.02. The Labute approximate surface area is 94.7 Å². The highest BCUT2D eigenvalue weighted by atomic mass is 16.5. The third-order valence-corrected chi connectivity index (χ3v) is 2.50. The number of morpholine rings is 1. The second kappa shape index (κ2) is 4.45. The summed E-state index contributed by atoms with van der Waals surface area (Å²) in [6, 6.07) is 2.07. The van der Waals surface area contributed by atoms with Crippen molar-refractivity contribution in [1.29, 1.82) is 5.26 Å². The molecule has 1 aliphatic heterocycles. The minimum absolute atomic E-state index is 0.150. The van der Waals surface area contributed by atoms with Crippen LogP contribution in [0.4, 0.5) is 5.82 Å². The number of rotatable bonds is 1. The van der Waals surface area contributed by atoms with E-state index in [1.165, 1.54) is 6.20 Å². The van der Waals surface area contributed by atoms with E-state index in [1.807, 2.05) is 13.8 Å². The molecule has 1 aliphatic rings. The first-order valence-corrected chi connectivity index (χ1v) is 5.32. The quantitative estimate of drug-likeness (QED) is 0.702. The molecule has 1 aromatic heterocycles. The lowest BCUT2D eigenvalue weighted by atomic mass is 10.2. The maximum Gasteiger partial charge on any atom is 0.183 e. The minimum atomic E-state index is 0.150. The van der Waals surface area contributed by atoms with Gasteiger partial charge in [0, 0.05) is 25.5 Å². The first-order chi connectivity index (χ1) is 7.70. The van der Waals surface area contributed by atoms with E-state index in [1.54, 1.807) is 6.20 Å². The van der Waals surface area contributed by atoms with Crippen LogP contribution >= 0.6 is 0 Å². The van der Waals surface area contributed by atoms with E-state index in [0.717, 1.165) is 13.1 Å². The zero-order chi connectivity index (χ0) is 11.5. The number of hydrogen-bond acceptors (Lipinski definition) is 5. The van der Waals surface area contributed by atoms with Gasteiger partial charge >= 0.3 is 0 Å². The van der Waals surface area contributed by atoms with Gasteiger partial charge in [-0.2, -0.15) is 5.26 Å². The van der Waals surface area contributed by atoms with Gasteiger partial charge in [0.2, 0.25) is 0 Å². The maximum atomic E-state index is 8.97. The average molecular weight is 218 g/mol. The van der Waals surface area contributed by atoms with E-state index in [2.05, 4.69) is 20.9 Å². The average Bonchev–Trinajstić information content (AvgIpc) is 2.27. The van der Waals surface area contributed by atoms with E-state index in [9.17, 15) is 0 Å². The van der Waals surface area contributed by atoms with Gasteiger partial charge in [0.15, 0.2) is 11.5 Å². The molecule has 1 saturated heterocycles. The normalized spacial score (nSPS) is 25.2. The van der Waals surface area contributed by atoms with Crippen LogP contribution in [0.1, 0.15) is 19.5 Å². The van der Waals surface area contributed by atoms with Crippen LogP contribution in [-0.4, -0.2) is 35.3 Å². The first kappa shape index (κ1) is 10.8. The fraction of sp³-hybridized carbons (Fsp3) is 0.545. The van der Waals surface area contributed by atoms with E-state index in [0.29, 0.717) is 11.5 Å². The summed E-state index contributed by atoms with van der Waals surface area (Å²) in [6.45, 7) is 5.53. The Morgan fingerprint density at radius 3 is 2.56 bits per heavy atom. The Morgan fingerprint density at radius 2 is 1.94 bits per heavy atom. The fourth-order valence-corrected chi connectivity index (χ4v) is 1.99. The summed E-state index contributed by atoms with van der Waals surface area (Å²) >= 11 is 0. The van der Waals surface area contributed by atoms with Crippen LogP contribution in [0, 0.1) is 11.3 Å². The Hall–Kier alpha value is -1.67. The molecule has 0 aromatic carbocycles. The molecular formula is C11H14N4O. The first-order valence-electron chi connectivity index (χ1n) is 5.32. The van der Waals surface area contributed by atoms with Crippen molar-refractivity contribution in [2.45, 2.75) is 26.1 Å². The second-order valence-electron chi connectivity index (χ2n) is 4.00. The Bertz CT molecular complexity index is 405. The molecule has 0 amide bonds. The predicted molar refractivity (Wildman–Crippen MR) is 59.0 cm³/mol. The van der Waals surface area contributed by atoms with E-state index in [4.69, 9.17) is 10.00 Å². The molecule has 1 fully saturated rings. The van der Waals surface area contributed by atoms with Crippen molar-refractivity contribution < 1.29 is 4.74 Å². The lowest BCUT2D eigenvalue weighted by molar-refractivity contribution is -0.00549. The smallest absolute Gasteiger partial charge is 0.183 e. The van der Waals surface area contributed by atoms with Crippen LogP contribution in [0.2, 0.25) is 0 Å². The third-order valence-electron chi connectivity index (χ3n) is 2.50. The zero-order valence-corrected chi connectivity index (χ0v) is 9.42. The summed E-state index contributed by atoms with van der Waals surface area (Å²) in [6.07, 6.45) is 3.45. The van der Waals surface area contributed by atoms with Crippen LogP contribution in [-0.2, 0) is 4.74 Å². The molecule has 0 N–H and O–H groups in total. The van der Waals surface area contributed by atoms with Crippen LogP contribution < -0.4 is 4.90 Å². The van der Waals surface area contributed by atoms with E-state index >= 15 is 0 Å². The van der Waals surface area contributed by atoms with Gasteiger partial charge in [-0.15, -0.1) is 0 Å². The van der Waals surface area contributed by atoms with Crippen molar-refractivity contribution in [3.8, 4) is 6.07 Å². The SMILES string of the molecule is C[C@@H]1CN(c2nccnc2C#N)C[C@H](C)O1. The minimum Gasteiger partial charge on any atom is -0.372 e. The van der Waals surface area contributed by atoms with Gasteiger partial charge in [0.1, 0.15) is 6.07 Å². The van der Waals surface area contributed by atoms with Gasteiger partial charge < -0.3 is 9.64 Å². The van der Waals surface area contributed by atoms with Gasteiger partial charge in [-0.1, -0.05) is 0 Å². The molecule has 0 saturated carbocycles. The summed E-state index contributed by atoms with van der Waals surface area (Å²) in [5, 5.41) is 8.97. The molecule has 5 nitrogen and oxygen atoms in total. The standard InChI is InChI=1S/C11H14N4O/c1-8-6-15(7-9(2)16-8)11-10(5-12)13-3-4-14-11/h3-4,8-9H,6-7H2,1-2H3/t8-,9+. The van der Waals surface area contributed by atoms with Crippen LogP contribution in [0.25, 0.3) is 0 Å². The molecule has 0 radical (unpaired) electrons. The van der Waals surface area contributed by atoms with Crippen molar-refractivity contribution in [1.82, 2.24) is 9.97 Å². The molecule has 0 bridgehead atoms. The topological polar surface area (TPSA) is 62.0 Å². The lowest BCUT2D eigenvalue weighted by Crippen LogP contribution is -2.46. The maximum absolute atomic E-state index is 8.97. The molecule has 2 atom stereocenters. The molecule has 1 aromatic rings. The zero-order valence-electron chi connectivity index (χ0n) is 9.42. The van der Waals surface area contributed by atoms with Gasteiger partial charge in [-0.05, 0) is 13.8 Å². The Balaban J connectivity index is 2.26. The molecule has 0 aliphatic carbocycles. The summed E-state index contributed by atoms with van der Waals surface area (Å²) in [4.78, 5) is 10.3. The fourth-order valence-electron chi connectivity index (χ4n) is 1.99. The largest absolute Gasteiger partial charge is 0.372 e. The van der Waals surface area contributed by atoms with Crippen molar-refractivity contribution in [3.63, 3.8) is 0 Å². The van der Waals surface area contributed by atoms with Gasteiger partial charge in [-0.25, -0.2) is 9.97 Å². The number of hydrogen-bond donors (Lipinski definition) is 0. The third kappa shape index (κ3) is 2.12. The second-order valence-corrected chi connectivity index (χ2v) is 4.00. The van der Waals surface area contributed by atoms with Crippen molar-refractivity contribution >= 4 is 5.82 Å². The van der Waals surface area contributed by atoms with Gasteiger partial charge in [-0.3, -0.25) is 0 Å². The highest BCUT2D eigenvalue weighted by Gasteiger charge is 2.25. The van der Waals surface area contributed by atoms with Crippen LogP contribution in [0.3, 0.4) is 0 Å². The summed E-state index contributed by atoms with van der Waals surface area (Å²) in [5.41, 5.74) is 0.379. The molecule has 2 rings (SSSR count). The van der Waals surface area contributed by atoms with Crippen molar-refractivity contribution in [2.75, 3.05) is 18.0 Å². The van der Waals surface area contributed by atoms with E-state index < -0.39 is 0 Å². The molecular weight excluding hydrogens is 204 g/mol.